The molecule has 4 N–H and O–H groups in total. The van der Waals surface area contributed by atoms with Gasteiger partial charge in [0.2, 0.25) is 0 Å². The smallest absolute Gasteiger partial charge is 0.463 e. The van der Waals surface area contributed by atoms with E-state index in [0.717, 1.165) is 135 Å². The van der Waals surface area contributed by atoms with Crippen LogP contribution in [0.1, 0.15) is 303 Å². The Morgan fingerprint density at radius 1 is 0.295 bits per heavy atom. The Kier molecular flexibility index (Phi) is 67.3. The lowest BCUT2D eigenvalue weighted by Gasteiger charge is -2.21. The summed E-state index contributed by atoms with van der Waals surface area (Å²) in [6, 6.07) is 0. The van der Waals surface area contributed by atoms with Gasteiger partial charge in [-0.25, -0.2) is 9.13 Å². The summed E-state index contributed by atoms with van der Waals surface area (Å²) in [6.45, 7) is 2.55. The second-order valence-corrected chi connectivity index (χ2v) is 27.6. The molecular formula is C77H134O16P2. The highest BCUT2D eigenvalue weighted by Crippen LogP contribution is 2.45. The number of carbonyl (C=O) groups excluding carboxylic acids is 3. The number of phosphoric acid groups is 2. The van der Waals surface area contributed by atoms with Gasteiger partial charge in [0.05, 0.1) is 26.4 Å². The Morgan fingerprint density at radius 2 is 0.537 bits per heavy atom. The SMILES string of the molecule is CCCC/C=C\CCCCCCCC(=O)OC(COC(=O)CCCCCCC/C=C\C/C=C\C/C=C\C/C=C\CCCCC)COP(=O)(O)OCC(O)COP(=O)(O)OCC(O)COC(=O)CCCCCCCCCCCCC/C=C\C/C=C\C/C=C\C/C=C\CCCCC. The molecule has 0 aromatic heterocycles. The van der Waals surface area contributed by atoms with Gasteiger partial charge in [-0.1, -0.05) is 265 Å². The number of ether oxygens (including phenoxy) is 3. The van der Waals surface area contributed by atoms with Crippen molar-refractivity contribution in [3.63, 3.8) is 0 Å². The van der Waals surface area contributed by atoms with Crippen LogP contribution in [0.25, 0.3) is 0 Å². The second kappa shape index (κ2) is 70.1. The highest BCUT2D eigenvalue weighted by Gasteiger charge is 2.29. The third-order valence-electron chi connectivity index (χ3n) is 15.4. The number of aliphatic hydroxyl groups excluding tert-OH is 2. The monoisotopic (exact) mass is 1380 g/mol. The Hall–Kier alpha value is -3.79. The van der Waals surface area contributed by atoms with Crippen molar-refractivity contribution in [2.45, 2.75) is 322 Å². The number of rotatable bonds is 70. The van der Waals surface area contributed by atoms with E-state index in [-0.39, 0.29) is 19.3 Å². The van der Waals surface area contributed by atoms with E-state index in [0.29, 0.717) is 19.3 Å². The molecule has 0 aromatic carbocycles. The molecule has 0 radical (unpaired) electrons. The van der Waals surface area contributed by atoms with Crippen LogP contribution in [-0.2, 0) is 55.8 Å². The van der Waals surface area contributed by atoms with Gasteiger partial charge >= 0.3 is 33.6 Å². The highest BCUT2D eigenvalue weighted by molar-refractivity contribution is 7.47. The number of unbranched alkanes of at least 4 members (excludes halogenated alkanes) is 29. The molecule has 95 heavy (non-hydrogen) atoms. The first kappa shape index (κ1) is 91.2. The standard InChI is InChI=1S/C77H134O16P2/c1-4-7-10-13-16-19-22-24-26-28-30-32-33-34-35-36-37-39-41-42-44-46-49-51-54-57-60-63-75(80)87-66-72(78)67-89-94(83,84)90-68-73(79)69-91-95(85,86)92-71-74(93-77(82)65-62-59-56-53-48-21-18-15-12-9-6-3)70-88-76(81)64-61-58-55-52-50-47-45-43-40-38-31-29-27-25-23-20-17-14-11-8-5-2/h15-20,24-27,30-32,34-35,38,43,45,72-74,78-79H,4-14,21-23,28-29,33,36-37,39-42,44,46-71H2,1-3H3,(H,83,84)(H,85,86)/b18-15-,19-16-,20-17-,26-24-,27-25-,32-30-,35-34-,38-31-,45-43-. The molecule has 0 saturated heterocycles. The minimum absolute atomic E-state index is 0.0883. The van der Waals surface area contributed by atoms with E-state index in [4.69, 9.17) is 32.3 Å². The fraction of sp³-hybridized carbons (Fsp3) is 0.727. The molecule has 5 atom stereocenters. The summed E-state index contributed by atoms with van der Waals surface area (Å²) in [5.74, 6) is -1.61. The predicted octanol–water partition coefficient (Wildman–Crippen LogP) is 21.2. The molecule has 0 rings (SSSR count). The number of allylic oxidation sites excluding steroid dienone is 18. The van der Waals surface area contributed by atoms with Gasteiger partial charge in [-0.15, -0.1) is 0 Å². The first-order valence-corrected chi connectivity index (χ1v) is 40.2. The van der Waals surface area contributed by atoms with Gasteiger partial charge in [0.1, 0.15) is 25.4 Å². The van der Waals surface area contributed by atoms with Crippen molar-refractivity contribution in [2.75, 3.05) is 39.6 Å². The number of phosphoric ester groups is 2. The molecule has 0 aliphatic rings. The lowest BCUT2D eigenvalue weighted by molar-refractivity contribution is -0.161. The highest BCUT2D eigenvalue weighted by atomic mass is 31.2. The first-order chi connectivity index (χ1) is 46.2. The third kappa shape index (κ3) is 71.3. The summed E-state index contributed by atoms with van der Waals surface area (Å²) < 4.78 is 60.9. The summed E-state index contributed by atoms with van der Waals surface area (Å²) in [5, 5.41) is 20.6. The topological polar surface area (TPSA) is 231 Å². The number of carbonyl (C=O) groups is 3. The van der Waals surface area contributed by atoms with Gasteiger partial charge in [0, 0.05) is 19.3 Å². The minimum Gasteiger partial charge on any atom is -0.463 e. The summed E-state index contributed by atoms with van der Waals surface area (Å²) in [6.07, 6.45) is 80.0. The minimum atomic E-state index is -4.93. The van der Waals surface area contributed by atoms with E-state index in [1.165, 1.54) is 109 Å². The van der Waals surface area contributed by atoms with Crippen molar-refractivity contribution in [2.24, 2.45) is 0 Å². The molecule has 0 fully saturated rings. The summed E-state index contributed by atoms with van der Waals surface area (Å²) in [4.78, 5) is 58.4. The van der Waals surface area contributed by atoms with Crippen LogP contribution in [-0.4, -0.2) is 95.9 Å². The van der Waals surface area contributed by atoms with E-state index in [1.54, 1.807) is 0 Å². The van der Waals surface area contributed by atoms with E-state index in [1.807, 2.05) is 0 Å². The number of hydrogen-bond donors (Lipinski definition) is 4. The Morgan fingerprint density at radius 3 is 0.874 bits per heavy atom. The molecule has 0 aromatic rings. The van der Waals surface area contributed by atoms with Gasteiger partial charge in [0.15, 0.2) is 6.10 Å². The maximum Gasteiger partial charge on any atom is 0.472 e. The number of aliphatic hydroxyl groups is 2. The van der Waals surface area contributed by atoms with Crippen LogP contribution in [0.3, 0.4) is 0 Å². The van der Waals surface area contributed by atoms with Gasteiger partial charge in [-0.2, -0.15) is 0 Å². The molecule has 548 valence electrons. The Balaban J connectivity index is 4.50. The lowest BCUT2D eigenvalue weighted by Crippen LogP contribution is -2.30. The van der Waals surface area contributed by atoms with Gasteiger partial charge < -0.3 is 34.2 Å². The molecule has 18 heteroatoms. The average molecular weight is 1380 g/mol. The van der Waals surface area contributed by atoms with Crippen LogP contribution in [0.15, 0.2) is 109 Å². The van der Waals surface area contributed by atoms with Crippen molar-refractivity contribution < 1.29 is 75.8 Å². The van der Waals surface area contributed by atoms with Gasteiger partial charge in [-0.3, -0.25) is 32.5 Å². The zero-order valence-corrected chi connectivity index (χ0v) is 61.4. The fourth-order valence-corrected chi connectivity index (χ4v) is 11.3. The van der Waals surface area contributed by atoms with Crippen LogP contribution in [0, 0.1) is 0 Å². The van der Waals surface area contributed by atoms with Gasteiger partial charge in [-0.05, 0) is 128 Å². The van der Waals surface area contributed by atoms with Crippen LogP contribution >= 0.6 is 15.6 Å². The van der Waals surface area contributed by atoms with Crippen LogP contribution in [0.4, 0.5) is 0 Å². The molecule has 5 unspecified atom stereocenters. The third-order valence-corrected chi connectivity index (χ3v) is 17.3. The van der Waals surface area contributed by atoms with Crippen molar-refractivity contribution in [3.8, 4) is 0 Å². The van der Waals surface area contributed by atoms with E-state index >= 15 is 0 Å². The summed E-state index contributed by atoms with van der Waals surface area (Å²) in [5.41, 5.74) is 0. The maximum absolute atomic E-state index is 12.9. The van der Waals surface area contributed by atoms with Crippen LogP contribution in [0.2, 0.25) is 0 Å². The first-order valence-electron chi connectivity index (χ1n) is 37.2. The van der Waals surface area contributed by atoms with Crippen molar-refractivity contribution in [1.29, 1.82) is 0 Å². The summed E-state index contributed by atoms with van der Waals surface area (Å²) >= 11 is 0. The van der Waals surface area contributed by atoms with E-state index < -0.39 is 91.5 Å². The van der Waals surface area contributed by atoms with Crippen LogP contribution < -0.4 is 0 Å². The maximum atomic E-state index is 12.9. The van der Waals surface area contributed by atoms with Crippen LogP contribution in [0.5, 0.6) is 0 Å². The zero-order valence-electron chi connectivity index (χ0n) is 59.6. The molecule has 0 amide bonds. The van der Waals surface area contributed by atoms with E-state index in [2.05, 4.69) is 130 Å². The predicted molar refractivity (Wildman–Crippen MR) is 390 cm³/mol. The quantitative estimate of drug-likeness (QED) is 0.0146. The largest absolute Gasteiger partial charge is 0.472 e. The Bertz CT molecular complexity index is 2170. The van der Waals surface area contributed by atoms with Crippen molar-refractivity contribution >= 4 is 33.6 Å². The fourth-order valence-electron chi connectivity index (χ4n) is 9.69. The normalized spacial score (nSPS) is 14.7. The Labute approximate surface area is 577 Å². The molecular weight excluding hydrogens is 1240 g/mol. The lowest BCUT2D eigenvalue weighted by atomic mass is 10.0. The molecule has 0 saturated carbocycles. The molecule has 0 heterocycles. The van der Waals surface area contributed by atoms with Crippen molar-refractivity contribution in [3.05, 3.63) is 109 Å². The molecule has 0 bridgehead atoms. The number of hydrogen-bond acceptors (Lipinski definition) is 14. The summed E-state index contributed by atoms with van der Waals surface area (Å²) in [7, 11) is -9.79. The number of esters is 3. The van der Waals surface area contributed by atoms with Gasteiger partial charge in [0.25, 0.3) is 0 Å². The molecule has 16 nitrogen and oxygen atoms in total. The zero-order chi connectivity index (χ0) is 69.5. The molecule has 0 spiro atoms. The molecule has 0 aliphatic carbocycles. The van der Waals surface area contributed by atoms with Crippen molar-refractivity contribution in [1.82, 2.24) is 0 Å². The second-order valence-electron chi connectivity index (χ2n) is 24.7. The van der Waals surface area contributed by atoms with E-state index in [9.17, 15) is 43.5 Å². The molecule has 0 aliphatic heterocycles. The average Bonchev–Trinajstić information content (AvgIpc) is 2.80.